The molecule has 0 amide bonds. The van der Waals surface area contributed by atoms with E-state index in [1.807, 2.05) is 6.07 Å². The fourth-order valence-electron chi connectivity index (χ4n) is 3.53. The van der Waals surface area contributed by atoms with E-state index in [9.17, 15) is 0 Å². The number of fused-ring (bicyclic) bond motifs is 1. The van der Waals surface area contributed by atoms with Crippen molar-refractivity contribution in [2.75, 3.05) is 46.7 Å². The van der Waals surface area contributed by atoms with Crippen LogP contribution in [0.5, 0.6) is 11.5 Å². The normalized spacial score (nSPS) is 21.2. The van der Waals surface area contributed by atoms with Gasteiger partial charge in [-0.3, -0.25) is 4.99 Å². The van der Waals surface area contributed by atoms with Gasteiger partial charge in [-0.15, -0.1) is 24.0 Å². The van der Waals surface area contributed by atoms with E-state index in [-0.39, 0.29) is 29.4 Å². The maximum atomic E-state index is 5.61. The average Bonchev–Trinajstić information content (AvgIpc) is 3.21. The van der Waals surface area contributed by atoms with E-state index < -0.39 is 0 Å². The van der Waals surface area contributed by atoms with Crippen LogP contribution >= 0.6 is 24.0 Å². The molecular formula is C17H24IN3O3. The Labute approximate surface area is 159 Å². The second-order valence-electron chi connectivity index (χ2n) is 6.44. The minimum atomic E-state index is 0. The van der Waals surface area contributed by atoms with Gasteiger partial charge < -0.3 is 24.4 Å². The van der Waals surface area contributed by atoms with Crippen molar-refractivity contribution in [3.63, 3.8) is 0 Å². The molecule has 0 aliphatic carbocycles. The number of benzene rings is 1. The van der Waals surface area contributed by atoms with E-state index in [1.54, 1.807) is 0 Å². The first-order chi connectivity index (χ1) is 11.3. The third kappa shape index (κ3) is 3.28. The molecule has 1 N–H and O–H groups in total. The zero-order chi connectivity index (χ0) is 15.7. The molecule has 0 unspecified atom stereocenters. The molecule has 3 heterocycles. The van der Waals surface area contributed by atoms with Crippen molar-refractivity contribution in [2.24, 2.45) is 4.99 Å². The van der Waals surface area contributed by atoms with Gasteiger partial charge in [0.05, 0.1) is 6.54 Å². The Hall–Kier alpha value is -1.22. The van der Waals surface area contributed by atoms with Crippen LogP contribution in [0.3, 0.4) is 0 Å². The molecule has 24 heavy (non-hydrogen) atoms. The topological polar surface area (TPSA) is 55.3 Å². The summed E-state index contributed by atoms with van der Waals surface area (Å²) in [5, 5.41) is 3.56. The fourth-order valence-corrected chi connectivity index (χ4v) is 3.53. The van der Waals surface area contributed by atoms with E-state index in [1.165, 1.54) is 5.56 Å². The molecule has 0 radical (unpaired) electrons. The minimum absolute atomic E-state index is 0. The summed E-state index contributed by atoms with van der Waals surface area (Å²) in [5.41, 5.74) is 1.34. The van der Waals surface area contributed by atoms with Crippen LogP contribution in [-0.4, -0.2) is 57.5 Å². The number of nitrogens with zero attached hydrogens (tertiary/aromatic N) is 2. The lowest BCUT2D eigenvalue weighted by molar-refractivity contribution is 0.0512. The third-order valence-electron chi connectivity index (χ3n) is 5.08. The van der Waals surface area contributed by atoms with Gasteiger partial charge in [-0.1, -0.05) is 6.07 Å². The number of guanidine groups is 1. The van der Waals surface area contributed by atoms with Crippen LogP contribution < -0.4 is 14.8 Å². The number of likely N-dealkylation sites (N-methyl/N-ethyl adjacent to an activating group) is 1. The number of hydrogen-bond donors (Lipinski definition) is 1. The first-order valence-electron chi connectivity index (χ1n) is 8.24. The van der Waals surface area contributed by atoms with Crippen LogP contribution in [0.4, 0.5) is 0 Å². The molecule has 132 valence electrons. The van der Waals surface area contributed by atoms with E-state index in [0.717, 1.165) is 63.1 Å². The van der Waals surface area contributed by atoms with E-state index in [2.05, 4.69) is 34.4 Å². The van der Waals surface area contributed by atoms with Crippen molar-refractivity contribution in [3.8, 4) is 11.5 Å². The van der Waals surface area contributed by atoms with Gasteiger partial charge in [-0.05, 0) is 30.5 Å². The van der Waals surface area contributed by atoms with Gasteiger partial charge in [0.25, 0.3) is 0 Å². The van der Waals surface area contributed by atoms with Gasteiger partial charge in [-0.2, -0.15) is 0 Å². The summed E-state index contributed by atoms with van der Waals surface area (Å²) in [5.74, 6) is 2.68. The molecule has 1 aromatic carbocycles. The maximum absolute atomic E-state index is 5.61. The van der Waals surface area contributed by atoms with Crippen LogP contribution in [0.25, 0.3) is 0 Å². The Morgan fingerprint density at radius 3 is 2.75 bits per heavy atom. The highest BCUT2D eigenvalue weighted by atomic mass is 127. The predicted molar refractivity (Wildman–Crippen MR) is 103 cm³/mol. The van der Waals surface area contributed by atoms with Gasteiger partial charge in [0.15, 0.2) is 17.5 Å². The van der Waals surface area contributed by atoms with Crippen molar-refractivity contribution < 1.29 is 14.2 Å². The predicted octanol–water partition coefficient (Wildman–Crippen LogP) is 1.97. The highest BCUT2D eigenvalue weighted by molar-refractivity contribution is 14.0. The fraction of sp³-hybridized carbons (Fsp3) is 0.588. The molecule has 1 saturated heterocycles. The van der Waals surface area contributed by atoms with E-state index in [0.29, 0.717) is 6.79 Å². The van der Waals surface area contributed by atoms with Gasteiger partial charge in [0.1, 0.15) is 0 Å². The molecular weight excluding hydrogens is 421 g/mol. The summed E-state index contributed by atoms with van der Waals surface area (Å²) in [7, 11) is 2.08. The number of nitrogens with one attached hydrogen (secondary N) is 1. The Kier molecular flexibility index (Phi) is 5.39. The zero-order valence-corrected chi connectivity index (χ0v) is 16.2. The van der Waals surface area contributed by atoms with Crippen molar-refractivity contribution in [3.05, 3.63) is 23.8 Å². The molecule has 0 aromatic heterocycles. The lowest BCUT2D eigenvalue weighted by atomic mass is 9.74. The summed E-state index contributed by atoms with van der Waals surface area (Å²) in [6, 6.07) is 6.32. The molecule has 0 atom stereocenters. The van der Waals surface area contributed by atoms with Crippen molar-refractivity contribution in [2.45, 2.75) is 18.3 Å². The Balaban J connectivity index is 0.00000169. The first-order valence-corrected chi connectivity index (χ1v) is 8.24. The van der Waals surface area contributed by atoms with Crippen LogP contribution in [-0.2, 0) is 10.2 Å². The molecule has 6 nitrogen and oxygen atoms in total. The van der Waals surface area contributed by atoms with Gasteiger partial charge in [0.2, 0.25) is 6.79 Å². The molecule has 7 heteroatoms. The molecule has 1 fully saturated rings. The largest absolute Gasteiger partial charge is 0.454 e. The Bertz CT molecular complexity index is 617. The number of ether oxygens (including phenoxy) is 3. The van der Waals surface area contributed by atoms with E-state index >= 15 is 0 Å². The molecule has 0 spiro atoms. The van der Waals surface area contributed by atoms with Gasteiger partial charge >= 0.3 is 0 Å². The summed E-state index contributed by atoms with van der Waals surface area (Å²) in [4.78, 5) is 6.71. The minimum Gasteiger partial charge on any atom is -0.454 e. The quantitative estimate of drug-likeness (QED) is 0.722. The molecule has 0 saturated carbocycles. The molecule has 4 rings (SSSR count). The van der Waals surface area contributed by atoms with Crippen molar-refractivity contribution >= 4 is 29.9 Å². The number of rotatable bonds is 3. The van der Waals surface area contributed by atoms with Crippen molar-refractivity contribution in [1.29, 1.82) is 0 Å². The Morgan fingerprint density at radius 2 is 2.00 bits per heavy atom. The molecule has 0 bridgehead atoms. The first kappa shape index (κ1) is 17.6. The number of hydrogen-bond acceptors (Lipinski definition) is 6. The zero-order valence-electron chi connectivity index (χ0n) is 13.9. The summed E-state index contributed by atoms with van der Waals surface area (Å²) in [6.45, 7) is 4.62. The standard InChI is InChI=1S/C17H23N3O3.HI/c1-20-7-6-18-16(20)19-11-17(4-8-21-9-5-17)13-2-3-14-15(10-13)23-12-22-14;/h2-3,10H,4-9,11-12H2,1H3,(H,18,19);1H. The van der Waals surface area contributed by atoms with Gasteiger partial charge in [-0.25, -0.2) is 0 Å². The summed E-state index contributed by atoms with van der Waals surface area (Å²) >= 11 is 0. The number of aliphatic imine (C=N–C) groups is 1. The number of halogens is 1. The second kappa shape index (κ2) is 7.35. The SMILES string of the molecule is CN1CCN=C1NCC1(c2ccc3c(c2)OCO3)CCOCC1.I. The summed E-state index contributed by atoms with van der Waals surface area (Å²) < 4.78 is 16.6. The lowest BCUT2D eigenvalue weighted by Gasteiger charge is -2.38. The molecule has 3 aliphatic heterocycles. The highest BCUT2D eigenvalue weighted by Gasteiger charge is 2.36. The van der Waals surface area contributed by atoms with Crippen LogP contribution in [0, 0.1) is 0 Å². The molecule has 1 aromatic rings. The smallest absolute Gasteiger partial charge is 0.231 e. The third-order valence-corrected chi connectivity index (χ3v) is 5.08. The van der Waals surface area contributed by atoms with Crippen LogP contribution in [0.1, 0.15) is 18.4 Å². The van der Waals surface area contributed by atoms with Crippen LogP contribution in [0.15, 0.2) is 23.2 Å². The lowest BCUT2D eigenvalue weighted by Crippen LogP contribution is -2.47. The van der Waals surface area contributed by atoms with Gasteiger partial charge in [0, 0.05) is 38.8 Å². The van der Waals surface area contributed by atoms with E-state index in [4.69, 9.17) is 14.2 Å². The average molecular weight is 445 g/mol. The summed E-state index contributed by atoms with van der Waals surface area (Å²) in [6.07, 6.45) is 1.99. The van der Waals surface area contributed by atoms with Crippen LogP contribution in [0.2, 0.25) is 0 Å². The molecule has 3 aliphatic rings. The monoisotopic (exact) mass is 445 g/mol. The maximum Gasteiger partial charge on any atom is 0.231 e. The Morgan fingerprint density at radius 1 is 1.21 bits per heavy atom. The van der Waals surface area contributed by atoms with Crippen molar-refractivity contribution in [1.82, 2.24) is 10.2 Å². The second-order valence-corrected chi connectivity index (χ2v) is 6.44. The highest BCUT2D eigenvalue weighted by Crippen LogP contribution is 2.40.